The van der Waals surface area contributed by atoms with Gasteiger partial charge < -0.3 is 4.74 Å². The lowest BCUT2D eigenvalue weighted by atomic mass is 9.95. The first kappa shape index (κ1) is 9.97. The fourth-order valence-electron chi connectivity index (χ4n) is 2.88. The van der Waals surface area contributed by atoms with Crippen LogP contribution < -0.4 is 0 Å². The monoisotopic (exact) mass is 246 g/mol. The van der Waals surface area contributed by atoms with Crippen molar-refractivity contribution in [3.05, 3.63) is 0 Å². The van der Waals surface area contributed by atoms with Crippen LogP contribution >= 0.6 is 15.9 Å². The normalized spacial score (nSPS) is 50.5. The number of hydrogen-bond donors (Lipinski definition) is 0. The molecule has 0 N–H and O–H groups in total. The summed E-state index contributed by atoms with van der Waals surface area (Å²) in [4.78, 5) is 0. The van der Waals surface area contributed by atoms with Crippen molar-refractivity contribution in [2.75, 3.05) is 5.33 Å². The smallest absolute Gasteiger partial charge is 0.0759 e. The van der Waals surface area contributed by atoms with Gasteiger partial charge in [-0.15, -0.1) is 0 Å². The number of alkyl halides is 1. The molecule has 0 bridgehead atoms. The quantitative estimate of drug-likeness (QED) is 0.644. The van der Waals surface area contributed by atoms with E-state index in [0.29, 0.717) is 0 Å². The molecule has 3 unspecified atom stereocenters. The first-order chi connectivity index (χ1) is 6.08. The molecule has 0 amide bonds. The number of rotatable bonds is 1. The van der Waals surface area contributed by atoms with Gasteiger partial charge in [-0.3, -0.25) is 0 Å². The third kappa shape index (κ3) is 1.80. The highest BCUT2D eigenvalue weighted by atomic mass is 79.9. The fraction of sp³-hybridized carbons (Fsp3) is 1.00. The van der Waals surface area contributed by atoms with Crippen molar-refractivity contribution in [2.45, 2.75) is 57.2 Å². The first-order valence-electron chi connectivity index (χ1n) is 5.34. The summed E-state index contributed by atoms with van der Waals surface area (Å²) in [6, 6.07) is 0. The van der Waals surface area contributed by atoms with Crippen molar-refractivity contribution in [3.63, 3.8) is 0 Å². The SMILES string of the molecule is CC1CCC2(CCC(C)(CBr)O2)C1. The van der Waals surface area contributed by atoms with E-state index in [0.717, 1.165) is 11.2 Å². The molecule has 1 nitrogen and oxygen atoms in total. The zero-order valence-electron chi connectivity index (χ0n) is 8.61. The lowest BCUT2D eigenvalue weighted by Crippen LogP contribution is -2.32. The van der Waals surface area contributed by atoms with E-state index in [4.69, 9.17) is 4.74 Å². The van der Waals surface area contributed by atoms with Crippen LogP contribution in [0, 0.1) is 5.92 Å². The van der Waals surface area contributed by atoms with Crippen LogP contribution in [0.5, 0.6) is 0 Å². The average Bonchev–Trinajstić information content (AvgIpc) is 2.60. The van der Waals surface area contributed by atoms with E-state index in [1.807, 2.05) is 0 Å². The van der Waals surface area contributed by atoms with Gasteiger partial charge in [0.15, 0.2) is 0 Å². The molecule has 2 heteroatoms. The van der Waals surface area contributed by atoms with Crippen molar-refractivity contribution in [2.24, 2.45) is 5.92 Å². The van der Waals surface area contributed by atoms with Gasteiger partial charge in [0.05, 0.1) is 11.2 Å². The molecule has 1 heterocycles. The Morgan fingerprint density at radius 1 is 1.38 bits per heavy atom. The molecule has 0 aromatic carbocycles. The van der Waals surface area contributed by atoms with Crippen LogP contribution in [0.3, 0.4) is 0 Å². The molecule has 0 radical (unpaired) electrons. The van der Waals surface area contributed by atoms with Gasteiger partial charge in [0, 0.05) is 5.33 Å². The third-order valence-electron chi connectivity index (χ3n) is 3.67. The van der Waals surface area contributed by atoms with Crippen molar-refractivity contribution in [1.29, 1.82) is 0 Å². The second-order valence-corrected chi connectivity index (χ2v) is 5.78. The minimum atomic E-state index is 0.115. The summed E-state index contributed by atoms with van der Waals surface area (Å²) >= 11 is 3.55. The third-order valence-corrected chi connectivity index (χ3v) is 4.85. The fourth-order valence-corrected chi connectivity index (χ4v) is 3.27. The highest BCUT2D eigenvalue weighted by Crippen LogP contribution is 2.49. The van der Waals surface area contributed by atoms with E-state index in [9.17, 15) is 0 Å². The van der Waals surface area contributed by atoms with Gasteiger partial charge in [-0.25, -0.2) is 0 Å². The highest BCUT2D eigenvalue weighted by Gasteiger charge is 2.48. The van der Waals surface area contributed by atoms with E-state index in [1.54, 1.807) is 0 Å². The summed E-state index contributed by atoms with van der Waals surface area (Å²) in [5.41, 5.74) is 0.381. The molecular weight excluding hydrogens is 228 g/mol. The van der Waals surface area contributed by atoms with Crippen LogP contribution in [0.15, 0.2) is 0 Å². The molecule has 0 aromatic heterocycles. The summed E-state index contributed by atoms with van der Waals surface area (Å²) < 4.78 is 6.27. The lowest BCUT2D eigenvalue weighted by Gasteiger charge is -2.29. The zero-order valence-corrected chi connectivity index (χ0v) is 10.2. The Labute approximate surface area is 89.4 Å². The van der Waals surface area contributed by atoms with Crippen LogP contribution in [0.4, 0.5) is 0 Å². The van der Waals surface area contributed by atoms with Gasteiger partial charge in [0.25, 0.3) is 0 Å². The molecule has 1 spiro atoms. The Bertz CT molecular complexity index is 206. The Hall–Kier alpha value is 0.440. The van der Waals surface area contributed by atoms with Gasteiger partial charge in [0.2, 0.25) is 0 Å². The van der Waals surface area contributed by atoms with Gasteiger partial charge in [-0.1, -0.05) is 22.9 Å². The van der Waals surface area contributed by atoms with Crippen molar-refractivity contribution in [1.82, 2.24) is 0 Å². The Morgan fingerprint density at radius 2 is 2.15 bits per heavy atom. The summed E-state index contributed by atoms with van der Waals surface area (Å²) in [5, 5.41) is 0.982. The molecule has 76 valence electrons. The summed E-state index contributed by atoms with van der Waals surface area (Å²) in [5.74, 6) is 0.873. The molecule has 0 aromatic rings. The topological polar surface area (TPSA) is 9.23 Å². The van der Waals surface area contributed by atoms with Crippen molar-refractivity contribution in [3.8, 4) is 0 Å². The maximum absolute atomic E-state index is 6.27. The minimum absolute atomic E-state index is 0.115. The van der Waals surface area contributed by atoms with Crippen LogP contribution in [0.2, 0.25) is 0 Å². The van der Waals surface area contributed by atoms with E-state index in [1.165, 1.54) is 32.1 Å². The number of halogens is 1. The predicted octanol–water partition coefficient (Wildman–Crippen LogP) is 3.51. The molecule has 2 rings (SSSR count). The second kappa shape index (κ2) is 3.23. The molecule has 1 saturated heterocycles. The standard InChI is InChI=1S/C11H19BrO/c1-9-3-4-11(7-9)6-5-10(2,8-12)13-11/h9H,3-8H2,1-2H3. The first-order valence-corrected chi connectivity index (χ1v) is 6.46. The Balaban J connectivity index is 2.05. The Kier molecular flexibility index (Phi) is 2.48. The largest absolute Gasteiger partial charge is 0.368 e. The molecule has 2 fully saturated rings. The van der Waals surface area contributed by atoms with Gasteiger partial charge in [0.1, 0.15) is 0 Å². The molecule has 2 aliphatic rings. The summed E-state index contributed by atoms with van der Waals surface area (Å²) in [6.07, 6.45) is 6.44. The second-order valence-electron chi connectivity index (χ2n) is 5.22. The minimum Gasteiger partial charge on any atom is -0.368 e. The van der Waals surface area contributed by atoms with Crippen molar-refractivity contribution >= 4 is 15.9 Å². The van der Waals surface area contributed by atoms with Gasteiger partial charge >= 0.3 is 0 Å². The number of ether oxygens (including phenoxy) is 1. The molecule has 1 aliphatic carbocycles. The Morgan fingerprint density at radius 3 is 2.62 bits per heavy atom. The van der Waals surface area contributed by atoms with Crippen LogP contribution in [-0.4, -0.2) is 16.5 Å². The zero-order chi connectivity index (χ0) is 9.53. The molecule has 13 heavy (non-hydrogen) atoms. The van der Waals surface area contributed by atoms with Crippen LogP contribution in [0.25, 0.3) is 0 Å². The van der Waals surface area contributed by atoms with Crippen LogP contribution in [0.1, 0.15) is 46.0 Å². The maximum Gasteiger partial charge on any atom is 0.0759 e. The molecule has 3 atom stereocenters. The van der Waals surface area contributed by atoms with Crippen molar-refractivity contribution < 1.29 is 4.74 Å². The van der Waals surface area contributed by atoms with Gasteiger partial charge in [-0.2, -0.15) is 0 Å². The summed E-state index contributed by atoms with van der Waals surface area (Å²) in [6.45, 7) is 4.58. The number of hydrogen-bond acceptors (Lipinski definition) is 1. The van der Waals surface area contributed by atoms with E-state index in [2.05, 4.69) is 29.8 Å². The van der Waals surface area contributed by atoms with Crippen LogP contribution in [-0.2, 0) is 4.74 Å². The van der Waals surface area contributed by atoms with Gasteiger partial charge in [-0.05, 0) is 44.9 Å². The molecule has 1 aliphatic heterocycles. The lowest BCUT2D eigenvalue weighted by molar-refractivity contribution is -0.0798. The summed E-state index contributed by atoms with van der Waals surface area (Å²) in [7, 11) is 0. The molecular formula is C11H19BrO. The van der Waals surface area contributed by atoms with E-state index >= 15 is 0 Å². The van der Waals surface area contributed by atoms with E-state index in [-0.39, 0.29) is 11.2 Å². The maximum atomic E-state index is 6.27. The molecule has 1 saturated carbocycles. The van der Waals surface area contributed by atoms with E-state index < -0.39 is 0 Å². The highest BCUT2D eigenvalue weighted by molar-refractivity contribution is 9.09. The predicted molar refractivity (Wildman–Crippen MR) is 58.3 cm³/mol. The average molecular weight is 247 g/mol.